The second kappa shape index (κ2) is 18.4. The van der Waals surface area contributed by atoms with Crippen molar-refractivity contribution in [3.05, 3.63) is 70.0 Å². The Bertz CT molecular complexity index is 1130. The van der Waals surface area contributed by atoms with Gasteiger partial charge in [0.15, 0.2) is 0 Å². The fourth-order valence-corrected chi connectivity index (χ4v) is 4.20. The average molecular weight is 527 g/mol. The molecule has 0 aliphatic rings. The summed E-state index contributed by atoms with van der Waals surface area (Å²) in [6.45, 7) is 9.22. The first-order valence-corrected chi connectivity index (χ1v) is 13.7. The summed E-state index contributed by atoms with van der Waals surface area (Å²) in [6, 6.07) is 10.8. The van der Waals surface area contributed by atoms with Crippen LogP contribution in [-0.4, -0.2) is 41.9 Å². The molecular formula is C31H47FN4O2. The molecule has 0 radical (unpaired) electrons. The van der Waals surface area contributed by atoms with E-state index in [9.17, 15) is 9.18 Å². The highest BCUT2D eigenvalue weighted by atomic mass is 19.1. The van der Waals surface area contributed by atoms with E-state index in [-0.39, 0.29) is 11.4 Å². The molecule has 0 bridgehead atoms. The Kier molecular flexibility index (Phi) is 16.0. The van der Waals surface area contributed by atoms with Crippen LogP contribution in [0.2, 0.25) is 0 Å². The molecule has 0 fully saturated rings. The lowest BCUT2D eigenvalue weighted by Gasteiger charge is -2.16. The third-order valence-electron chi connectivity index (χ3n) is 6.25. The molecule has 210 valence electrons. The minimum Gasteiger partial charge on any atom is -0.322 e. The molecule has 38 heavy (non-hydrogen) atoms. The van der Waals surface area contributed by atoms with E-state index < -0.39 is 6.04 Å². The number of unbranched alkanes of at least 4 members (excludes halogenated alkanes) is 8. The molecule has 0 saturated carbocycles. The van der Waals surface area contributed by atoms with Gasteiger partial charge in [0.1, 0.15) is 18.4 Å². The Balaban J connectivity index is 0.000000393. The summed E-state index contributed by atoms with van der Waals surface area (Å²) in [5, 5.41) is 0.522. The maximum absolute atomic E-state index is 13.1. The second-order valence-electron chi connectivity index (χ2n) is 10.0. The molecule has 0 aliphatic carbocycles. The Labute approximate surface area is 228 Å². The number of hydrogen-bond donors (Lipinski definition) is 1. The Morgan fingerprint density at radius 3 is 2.03 bits per heavy atom. The van der Waals surface area contributed by atoms with Crippen molar-refractivity contribution in [1.29, 1.82) is 0 Å². The van der Waals surface area contributed by atoms with Gasteiger partial charge < -0.3 is 15.4 Å². The van der Waals surface area contributed by atoms with Gasteiger partial charge in [-0.3, -0.25) is 9.36 Å². The maximum atomic E-state index is 13.1. The van der Waals surface area contributed by atoms with E-state index in [1.165, 1.54) is 81.0 Å². The fourth-order valence-electron chi connectivity index (χ4n) is 4.20. The van der Waals surface area contributed by atoms with Crippen molar-refractivity contribution in [2.75, 3.05) is 20.6 Å². The molecular weight excluding hydrogens is 479 g/mol. The van der Waals surface area contributed by atoms with Gasteiger partial charge in [0.25, 0.3) is 5.56 Å². The molecule has 7 heteroatoms. The molecule has 0 aliphatic heterocycles. The molecule has 3 rings (SSSR count). The van der Waals surface area contributed by atoms with Crippen LogP contribution in [0.3, 0.4) is 0 Å². The maximum Gasteiger partial charge on any atom is 0.266 e. The Morgan fingerprint density at radius 2 is 1.50 bits per heavy atom. The van der Waals surface area contributed by atoms with Gasteiger partial charge in [0.2, 0.25) is 0 Å². The fraction of sp³-hybridized carbons (Fsp3) is 0.516. The molecule has 1 heterocycles. The second-order valence-corrected chi connectivity index (χ2v) is 10.0. The first-order chi connectivity index (χ1) is 18.2. The molecule has 2 N–H and O–H groups in total. The number of nitrogens with two attached hydrogens (primary N) is 1. The quantitative estimate of drug-likeness (QED) is 0.264. The van der Waals surface area contributed by atoms with Crippen LogP contribution >= 0.6 is 0 Å². The monoisotopic (exact) mass is 526 g/mol. The number of hydrogen-bond acceptors (Lipinski definition) is 5. The Hall–Kier alpha value is -2.90. The number of carbonyl (C=O) groups excluding carboxylic acids is 1. The average Bonchev–Trinajstić information content (AvgIpc) is 2.90. The molecule has 0 amide bonds. The zero-order chi connectivity index (χ0) is 28.5. The molecule has 0 spiro atoms. The van der Waals surface area contributed by atoms with E-state index in [1.54, 1.807) is 25.1 Å². The predicted molar refractivity (Wildman–Crippen MR) is 158 cm³/mol. The van der Waals surface area contributed by atoms with E-state index >= 15 is 0 Å². The first-order valence-electron chi connectivity index (χ1n) is 13.7. The standard InChI is InChI=1S/C17H16FN3O.C13H29N.CH2O/c1-10-3-8-15-14(9-10)17(22)21(16(20-15)11(2)19)13-6-4-12(18)5-7-13;1-4-5-6-7-8-9-10-11-12-13-14(2)3;1-2/h3-9,11H,19H2,1-2H3;4-13H2,1-3H3;1H2. The SMILES string of the molecule is C=O.CCCCCCCCCCCN(C)C.Cc1ccc2nc(C(C)N)n(-c3ccc(F)cc3)c(=O)c2c1. The van der Waals surface area contributed by atoms with Crippen LogP contribution in [-0.2, 0) is 4.79 Å². The van der Waals surface area contributed by atoms with Crippen molar-refractivity contribution in [1.82, 2.24) is 14.5 Å². The third kappa shape index (κ3) is 11.2. The van der Waals surface area contributed by atoms with Crippen LogP contribution in [0.5, 0.6) is 0 Å². The lowest BCUT2D eigenvalue weighted by atomic mass is 10.1. The highest BCUT2D eigenvalue weighted by Gasteiger charge is 2.15. The largest absolute Gasteiger partial charge is 0.322 e. The zero-order valence-electron chi connectivity index (χ0n) is 24.0. The number of aryl methyl sites for hydroxylation is 1. The summed E-state index contributed by atoms with van der Waals surface area (Å²) in [5.41, 5.74) is 7.91. The summed E-state index contributed by atoms with van der Waals surface area (Å²) in [4.78, 5) is 27.7. The molecule has 1 unspecified atom stereocenters. The lowest BCUT2D eigenvalue weighted by molar-refractivity contribution is -0.0980. The van der Waals surface area contributed by atoms with Crippen LogP contribution < -0.4 is 11.3 Å². The van der Waals surface area contributed by atoms with Crippen molar-refractivity contribution in [3.8, 4) is 5.69 Å². The minimum absolute atomic E-state index is 0.201. The van der Waals surface area contributed by atoms with Gasteiger partial charge in [0.05, 0.1) is 22.6 Å². The summed E-state index contributed by atoms with van der Waals surface area (Å²) >= 11 is 0. The van der Waals surface area contributed by atoms with Gasteiger partial charge in [-0.1, -0.05) is 69.9 Å². The predicted octanol–water partition coefficient (Wildman–Crippen LogP) is 6.75. The highest BCUT2D eigenvalue weighted by Crippen LogP contribution is 2.18. The highest BCUT2D eigenvalue weighted by molar-refractivity contribution is 5.78. The van der Waals surface area contributed by atoms with Gasteiger partial charge in [-0.15, -0.1) is 0 Å². The summed E-state index contributed by atoms with van der Waals surface area (Å²) in [6.07, 6.45) is 12.9. The number of aromatic nitrogens is 2. The molecule has 0 saturated heterocycles. The van der Waals surface area contributed by atoms with Gasteiger partial charge in [-0.2, -0.15) is 0 Å². The van der Waals surface area contributed by atoms with Gasteiger partial charge in [0, 0.05) is 0 Å². The molecule has 2 aromatic carbocycles. The van der Waals surface area contributed by atoms with Crippen LogP contribution in [0.4, 0.5) is 4.39 Å². The van der Waals surface area contributed by atoms with Crippen molar-refractivity contribution in [2.45, 2.75) is 84.6 Å². The summed E-state index contributed by atoms with van der Waals surface area (Å²) in [5.74, 6) is 0.0942. The number of rotatable bonds is 12. The van der Waals surface area contributed by atoms with E-state index in [0.717, 1.165) is 5.56 Å². The topological polar surface area (TPSA) is 81.2 Å². The van der Waals surface area contributed by atoms with Crippen LogP contribution in [0.25, 0.3) is 16.6 Å². The van der Waals surface area contributed by atoms with Crippen molar-refractivity contribution in [2.24, 2.45) is 5.73 Å². The summed E-state index contributed by atoms with van der Waals surface area (Å²) in [7, 11) is 4.31. The van der Waals surface area contributed by atoms with Crippen LogP contribution in [0.1, 0.15) is 89.1 Å². The molecule has 1 atom stereocenters. The zero-order valence-corrected chi connectivity index (χ0v) is 24.0. The van der Waals surface area contributed by atoms with Crippen molar-refractivity contribution in [3.63, 3.8) is 0 Å². The van der Waals surface area contributed by atoms with E-state index in [1.807, 2.05) is 25.8 Å². The van der Waals surface area contributed by atoms with Gasteiger partial charge >= 0.3 is 0 Å². The number of halogens is 1. The van der Waals surface area contributed by atoms with Gasteiger partial charge in [-0.25, -0.2) is 9.37 Å². The minimum atomic E-state index is -0.427. The van der Waals surface area contributed by atoms with Crippen LogP contribution in [0.15, 0.2) is 47.3 Å². The third-order valence-corrected chi connectivity index (χ3v) is 6.25. The molecule has 6 nitrogen and oxygen atoms in total. The normalized spacial score (nSPS) is 11.5. The summed E-state index contributed by atoms with van der Waals surface area (Å²) < 4.78 is 14.6. The van der Waals surface area contributed by atoms with Gasteiger partial charge in [-0.05, 0) is 77.3 Å². The number of fused-ring (bicyclic) bond motifs is 1. The van der Waals surface area contributed by atoms with Crippen molar-refractivity contribution >= 4 is 17.7 Å². The first kappa shape index (κ1) is 33.1. The van der Waals surface area contributed by atoms with Crippen molar-refractivity contribution < 1.29 is 9.18 Å². The van der Waals surface area contributed by atoms with E-state index in [2.05, 4.69) is 30.9 Å². The number of nitrogens with zero attached hydrogens (tertiary/aromatic N) is 3. The number of carbonyl (C=O) groups is 1. The molecule has 3 aromatic rings. The number of benzene rings is 2. The van der Waals surface area contributed by atoms with E-state index in [0.29, 0.717) is 22.4 Å². The smallest absolute Gasteiger partial charge is 0.266 e. The van der Waals surface area contributed by atoms with Crippen LogP contribution in [0, 0.1) is 12.7 Å². The van der Waals surface area contributed by atoms with E-state index in [4.69, 9.17) is 10.5 Å². The Morgan fingerprint density at radius 1 is 0.947 bits per heavy atom. The lowest BCUT2D eigenvalue weighted by Crippen LogP contribution is -2.27. The molecule has 1 aromatic heterocycles.